The van der Waals surface area contributed by atoms with Gasteiger partial charge in [0.15, 0.2) is 17.5 Å². The lowest BCUT2D eigenvalue weighted by Crippen LogP contribution is -2.44. The highest BCUT2D eigenvalue weighted by Crippen LogP contribution is 2.30. The molecular weight excluding hydrogens is 431 g/mol. The van der Waals surface area contributed by atoms with Crippen LogP contribution < -0.4 is 5.32 Å². The molecule has 4 heterocycles. The summed E-state index contributed by atoms with van der Waals surface area (Å²) in [6.45, 7) is 2.10. The molecule has 5 rings (SSSR count). The van der Waals surface area contributed by atoms with Crippen LogP contribution in [0.2, 0.25) is 5.02 Å². The fourth-order valence-electron chi connectivity index (χ4n) is 4.89. The van der Waals surface area contributed by atoms with Gasteiger partial charge in [-0.1, -0.05) is 24.4 Å². The first-order chi connectivity index (χ1) is 15.6. The van der Waals surface area contributed by atoms with Gasteiger partial charge >= 0.3 is 0 Å². The van der Waals surface area contributed by atoms with Crippen molar-refractivity contribution in [2.24, 2.45) is 11.8 Å². The quantitative estimate of drug-likeness (QED) is 0.583. The number of aromatic amines is 1. The maximum atomic E-state index is 14.5. The standard InChI is InChI=1S/C23H26ClFN6O/c24-16-8-17-18(11-28-20(17)27-10-16)21-29-12-19(25)22(30-21)26-9-14-4-3-7-31(13-14)23(32)15-5-1-2-6-15/h8,10-12,14-15H,1-7,9,13H2,(H,27,28)(H,26,29,30). The van der Waals surface area contributed by atoms with Crippen LogP contribution in [0, 0.1) is 17.7 Å². The zero-order chi connectivity index (χ0) is 22.1. The Morgan fingerprint density at radius 1 is 1.22 bits per heavy atom. The summed E-state index contributed by atoms with van der Waals surface area (Å²) in [6.07, 6.45) is 10.8. The number of carbonyl (C=O) groups is 1. The molecule has 32 heavy (non-hydrogen) atoms. The second-order valence-electron chi connectivity index (χ2n) is 8.80. The first kappa shape index (κ1) is 21.1. The van der Waals surface area contributed by atoms with Gasteiger partial charge in [-0.15, -0.1) is 0 Å². The molecule has 1 amide bonds. The fourth-order valence-corrected chi connectivity index (χ4v) is 5.05. The molecule has 0 spiro atoms. The SMILES string of the molecule is O=C(C1CCCC1)N1CCCC(CNc2nc(-c3c[nH]c4ncc(Cl)cc34)ncc2F)C1. The third-order valence-corrected chi connectivity index (χ3v) is 6.78. The zero-order valence-corrected chi connectivity index (χ0v) is 18.5. The van der Waals surface area contributed by atoms with Crippen molar-refractivity contribution in [3.05, 3.63) is 35.5 Å². The normalized spacial score (nSPS) is 19.6. The number of aromatic nitrogens is 4. The van der Waals surface area contributed by atoms with Gasteiger partial charge in [0.05, 0.1) is 11.2 Å². The van der Waals surface area contributed by atoms with Crippen LogP contribution in [-0.2, 0) is 4.79 Å². The number of nitrogens with zero attached hydrogens (tertiary/aromatic N) is 4. The van der Waals surface area contributed by atoms with E-state index in [-0.39, 0.29) is 17.7 Å². The van der Waals surface area contributed by atoms with Crippen molar-refractivity contribution in [1.82, 2.24) is 24.8 Å². The number of halogens is 2. The number of amides is 1. The van der Waals surface area contributed by atoms with Crippen LogP contribution in [0.5, 0.6) is 0 Å². The van der Waals surface area contributed by atoms with Gasteiger partial charge in [0.1, 0.15) is 5.65 Å². The highest BCUT2D eigenvalue weighted by atomic mass is 35.5. The van der Waals surface area contributed by atoms with Crippen molar-refractivity contribution in [3.63, 3.8) is 0 Å². The van der Waals surface area contributed by atoms with Crippen LogP contribution in [0.4, 0.5) is 10.2 Å². The van der Waals surface area contributed by atoms with Gasteiger partial charge in [0.25, 0.3) is 0 Å². The molecule has 7 nitrogen and oxygen atoms in total. The number of H-pyrrole nitrogens is 1. The van der Waals surface area contributed by atoms with Crippen molar-refractivity contribution in [2.45, 2.75) is 38.5 Å². The predicted octanol–water partition coefficient (Wildman–Crippen LogP) is 4.65. The van der Waals surface area contributed by atoms with Crippen molar-refractivity contribution < 1.29 is 9.18 Å². The lowest BCUT2D eigenvalue weighted by atomic mass is 9.96. The Balaban J connectivity index is 1.28. The summed E-state index contributed by atoms with van der Waals surface area (Å²) in [4.78, 5) is 30.7. The van der Waals surface area contributed by atoms with Crippen LogP contribution in [0.25, 0.3) is 22.4 Å². The molecule has 3 aromatic heterocycles. The van der Waals surface area contributed by atoms with E-state index >= 15 is 0 Å². The van der Waals surface area contributed by atoms with Crippen molar-refractivity contribution in [2.75, 3.05) is 25.0 Å². The van der Waals surface area contributed by atoms with E-state index in [0.717, 1.165) is 50.5 Å². The number of anilines is 1. The average Bonchev–Trinajstić information content (AvgIpc) is 3.48. The van der Waals surface area contributed by atoms with E-state index in [9.17, 15) is 9.18 Å². The molecule has 3 aromatic rings. The van der Waals surface area contributed by atoms with E-state index in [0.29, 0.717) is 41.1 Å². The van der Waals surface area contributed by atoms with Gasteiger partial charge in [-0.05, 0) is 37.7 Å². The Morgan fingerprint density at radius 2 is 2.06 bits per heavy atom. The Hall–Kier alpha value is -2.74. The molecular formula is C23H26ClFN6O. The summed E-state index contributed by atoms with van der Waals surface area (Å²) in [6, 6.07) is 1.79. The monoisotopic (exact) mass is 456 g/mol. The first-order valence-corrected chi connectivity index (χ1v) is 11.6. The number of hydrogen-bond donors (Lipinski definition) is 2. The molecule has 0 aromatic carbocycles. The summed E-state index contributed by atoms with van der Waals surface area (Å²) < 4.78 is 14.5. The summed E-state index contributed by atoms with van der Waals surface area (Å²) in [5, 5.41) is 4.45. The van der Waals surface area contributed by atoms with E-state index in [4.69, 9.17) is 11.6 Å². The predicted molar refractivity (Wildman–Crippen MR) is 122 cm³/mol. The van der Waals surface area contributed by atoms with Crippen LogP contribution in [0.1, 0.15) is 38.5 Å². The third kappa shape index (κ3) is 4.28. The molecule has 1 aliphatic heterocycles. The zero-order valence-electron chi connectivity index (χ0n) is 17.8. The Bertz CT molecular complexity index is 1130. The minimum atomic E-state index is -0.501. The fraction of sp³-hybridized carbons (Fsp3) is 0.478. The highest BCUT2D eigenvalue weighted by molar-refractivity contribution is 6.31. The van der Waals surface area contributed by atoms with E-state index in [1.165, 1.54) is 6.20 Å². The van der Waals surface area contributed by atoms with E-state index in [2.05, 4.69) is 25.3 Å². The van der Waals surface area contributed by atoms with Gasteiger partial charge in [-0.25, -0.2) is 19.3 Å². The van der Waals surface area contributed by atoms with Crippen LogP contribution in [0.15, 0.2) is 24.7 Å². The van der Waals surface area contributed by atoms with Crippen LogP contribution in [0.3, 0.4) is 0 Å². The number of nitrogens with one attached hydrogen (secondary N) is 2. The minimum Gasteiger partial charge on any atom is -0.367 e. The summed E-state index contributed by atoms with van der Waals surface area (Å²) in [5.41, 5.74) is 1.38. The largest absolute Gasteiger partial charge is 0.367 e. The van der Waals surface area contributed by atoms with Crippen molar-refractivity contribution >= 4 is 34.4 Å². The Kier molecular flexibility index (Phi) is 5.95. The minimum absolute atomic E-state index is 0.165. The van der Waals surface area contributed by atoms with E-state index < -0.39 is 5.82 Å². The second kappa shape index (κ2) is 9.02. The van der Waals surface area contributed by atoms with E-state index in [1.807, 2.05) is 4.90 Å². The maximum absolute atomic E-state index is 14.5. The van der Waals surface area contributed by atoms with Crippen LogP contribution >= 0.6 is 11.6 Å². The summed E-state index contributed by atoms with van der Waals surface area (Å²) in [5.74, 6) is 0.823. The number of pyridine rings is 1. The first-order valence-electron chi connectivity index (χ1n) is 11.3. The smallest absolute Gasteiger partial charge is 0.225 e. The maximum Gasteiger partial charge on any atom is 0.225 e. The molecule has 0 bridgehead atoms. The van der Waals surface area contributed by atoms with Crippen LogP contribution in [-0.4, -0.2) is 50.4 Å². The molecule has 2 aliphatic rings. The lowest BCUT2D eigenvalue weighted by molar-refractivity contribution is -0.137. The molecule has 1 unspecified atom stereocenters. The summed E-state index contributed by atoms with van der Waals surface area (Å²) in [7, 11) is 0. The van der Waals surface area contributed by atoms with Crippen molar-refractivity contribution in [1.29, 1.82) is 0 Å². The van der Waals surface area contributed by atoms with Gasteiger partial charge < -0.3 is 15.2 Å². The van der Waals surface area contributed by atoms with Gasteiger partial charge in [0.2, 0.25) is 5.91 Å². The van der Waals surface area contributed by atoms with Gasteiger partial charge in [0, 0.05) is 48.9 Å². The lowest BCUT2D eigenvalue weighted by Gasteiger charge is -2.34. The third-order valence-electron chi connectivity index (χ3n) is 6.58. The number of carbonyl (C=O) groups excluding carboxylic acids is 1. The van der Waals surface area contributed by atoms with Gasteiger partial charge in [-0.2, -0.15) is 0 Å². The number of piperidine rings is 1. The topological polar surface area (TPSA) is 86.8 Å². The van der Waals surface area contributed by atoms with Crippen molar-refractivity contribution in [3.8, 4) is 11.4 Å². The Labute approximate surface area is 190 Å². The number of hydrogen-bond acceptors (Lipinski definition) is 5. The Morgan fingerprint density at radius 3 is 2.91 bits per heavy atom. The molecule has 1 saturated heterocycles. The molecule has 168 valence electrons. The molecule has 1 atom stereocenters. The molecule has 1 aliphatic carbocycles. The van der Waals surface area contributed by atoms with Gasteiger partial charge in [-0.3, -0.25) is 4.79 Å². The molecule has 9 heteroatoms. The molecule has 1 saturated carbocycles. The second-order valence-corrected chi connectivity index (χ2v) is 9.23. The number of rotatable bonds is 5. The van der Waals surface area contributed by atoms with E-state index in [1.54, 1.807) is 18.5 Å². The molecule has 2 N–H and O–H groups in total. The number of likely N-dealkylation sites (tertiary alicyclic amines) is 1. The molecule has 0 radical (unpaired) electrons. The molecule has 2 fully saturated rings. The number of fused-ring (bicyclic) bond motifs is 1. The summed E-state index contributed by atoms with van der Waals surface area (Å²) >= 11 is 6.09. The average molecular weight is 457 g/mol. The highest BCUT2D eigenvalue weighted by Gasteiger charge is 2.30.